The molecule has 2 heterocycles. The Morgan fingerprint density at radius 2 is 1.81 bits per heavy atom. The van der Waals surface area contributed by atoms with Gasteiger partial charge in [0.15, 0.2) is 5.16 Å². The summed E-state index contributed by atoms with van der Waals surface area (Å²) in [5, 5.41) is 4.70. The van der Waals surface area contributed by atoms with Crippen LogP contribution in [0.2, 0.25) is 5.02 Å². The van der Waals surface area contributed by atoms with Crippen molar-refractivity contribution in [3.05, 3.63) is 125 Å². The molecule has 0 aliphatic heterocycles. The fraction of sp³-hybridized carbons (Fsp3) is 0.167. The number of fused-ring (bicyclic) bond motifs is 1. The lowest BCUT2D eigenvalue weighted by atomic mass is 10.0. The number of aromatic nitrogens is 3. The number of rotatable bonds is 9. The molecule has 0 saturated carbocycles. The van der Waals surface area contributed by atoms with Gasteiger partial charge in [-0.25, -0.2) is 4.98 Å². The van der Waals surface area contributed by atoms with E-state index in [0.29, 0.717) is 18.7 Å². The van der Waals surface area contributed by atoms with E-state index in [1.807, 2.05) is 72.9 Å². The molecule has 1 unspecified atom stereocenters. The summed E-state index contributed by atoms with van der Waals surface area (Å²) >= 11 is 7.83. The summed E-state index contributed by atoms with van der Waals surface area (Å²) in [4.78, 5) is 21.9. The number of carbonyl (C=O) groups excluding carboxylic acids is 1. The fourth-order valence-electron chi connectivity index (χ4n) is 4.18. The van der Waals surface area contributed by atoms with Crippen molar-refractivity contribution in [3.8, 4) is 0 Å². The molecule has 0 spiro atoms. The first kappa shape index (κ1) is 25.1. The molecule has 37 heavy (non-hydrogen) atoms. The second-order valence-electron chi connectivity index (χ2n) is 8.98. The van der Waals surface area contributed by atoms with Gasteiger partial charge >= 0.3 is 0 Å². The standard InChI is InChI=1S/C30H27ClN4OS/c1-21(24-7-3-2-4-8-24)17-33-29(36)25-12-10-22(11-13-25)19-35-28-18-32-15-14-27(28)34-30(35)37-20-23-6-5-9-26(31)16-23/h2-16,18,21H,17,19-20H2,1H3,(H,33,36). The molecule has 5 rings (SSSR count). The highest BCUT2D eigenvalue weighted by molar-refractivity contribution is 7.98. The number of nitrogens with one attached hydrogen (secondary N) is 1. The molecular weight excluding hydrogens is 500 g/mol. The van der Waals surface area contributed by atoms with Crippen molar-refractivity contribution in [3.63, 3.8) is 0 Å². The van der Waals surface area contributed by atoms with E-state index in [1.165, 1.54) is 5.56 Å². The number of imidazole rings is 1. The molecule has 1 N–H and O–H groups in total. The second kappa shape index (κ2) is 11.6. The highest BCUT2D eigenvalue weighted by Crippen LogP contribution is 2.28. The Balaban J connectivity index is 1.28. The lowest BCUT2D eigenvalue weighted by Crippen LogP contribution is -2.27. The summed E-state index contributed by atoms with van der Waals surface area (Å²) in [6.45, 7) is 3.34. The van der Waals surface area contributed by atoms with Gasteiger partial charge in [0, 0.05) is 29.1 Å². The molecule has 186 valence electrons. The Labute approximate surface area is 225 Å². The largest absolute Gasteiger partial charge is 0.351 e. The van der Waals surface area contributed by atoms with Gasteiger partial charge in [0.2, 0.25) is 0 Å². The number of pyridine rings is 1. The minimum absolute atomic E-state index is 0.0654. The predicted molar refractivity (Wildman–Crippen MR) is 151 cm³/mol. The van der Waals surface area contributed by atoms with Crippen molar-refractivity contribution in [1.82, 2.24) is 19.9 Å². The van der Waals surface area contributed by atoms with Crippen molar-refractivity contribution in [2.75, 3.05) is 6.54 Å². The van der Waals surface area contributed by atoms with Crippen molar-refractivity contribution < 1.29 is 4.79 Å². The van der Waals surface area contributed by atoms with E-state index in [1.54, 1.807) is 18.0 Å². The Kier molecular flexibility index (Phi) is 7.87. The van der Waals surface area contributed by atoms with Crippen molar-refractivity contribution in [2.24, 2.45) is 0 Å². The summed E-state index contributed by atoms with van der Waals surface area (Å²) in [6, 6.07) is 27.8. The maximum absolute atomic E-state index is 12.7. The third kappa shape index (κ3) is 6.21. The van der Waals surface area contributed by atoms with E-state index < -0.39 is 0 Å². The predicted octanol–water partition coefficient (Wildman–Crippen LogP) is 6.96. The van der Waals surface area contributed by atoms with Gasteiger partial charge in [0.25, 0.3) is 5.91 Å². The summed E-state index contributed by atoms with van der Waals surface area (Å²) in [7, 11) is 0. The zero-order chi connectivity index (χ0) is 25.6. The number of nitrogens with zero attached hydrogens (tertiary/aromatic N) is 3. The molecule has 1 atom stereocenters. The van der Waals surface area contributed by atoms with Gasteiger partial charge in [-0.15, -0.1) is 0 Å². The van der Waals surface area contributed by atoms with Crippen molar-refractivity contribution >= 4 is 40.3 Å². The third-order valence-corrected chi connectivity index (χ3v) is 7.55. The van der Waals surface area contributed by atoms with Gasteiger partial charge in [0.05, 0.1) is 23.8 Å². The van der Waals surface area contributed by atoms with Crippen molar-refractivity contribution in [1.29, 1.82) is 0 Å². The molecule has 0 aliphatic rings. The van der Waals surface area contributed by atoms with Crippen LogP contribution in [-0.2, 0) is 12.3 Å². The average Bonchev–Trinajstić information content (AvgIpc) is 3.28. The number of carbonyl (C=O) groups is 1. The van der Waals surface area contributed by atoms with Crippen LogP contribution >= 0.6 is 23.4 Å². The third-order valence-electron chi connectivity index (χ3n) is 6.27. The van der Waals surface area contributed by atoms with Crippen LogP contribution in [0.15, 0.2) is 102 Å². The summed E-state index contributed by atoms with van der Waals surface area (Å²) in [5.41, 5.74) is 5.98. The average molecular weight is 527 g/mol. The molecule has 2 aromatic heterocycles. The molecule has 5 nitrogen and oxygen atoms in total. The van der Waals surface area contributed by atoms with Gasteiger partial charge in [-0.2, -0.15) is 0 Å². The number of hydrogen-bond donors (Lipinski definition) is 1. The van der Waals surface area contributed by atoms with Gasteiger partial charge in [-0.3, -0.25) is 9.78 Å². The van der Waals surface area contributed by atoms with E-state index in [2.05, 4.69) is 40.0 Å². The quantitative estimate of drug-likeness (QED) is 0.211. The van der Waals surface area contributed by atoms with Crippen LogP contribution in [0.1, 0.15) is 39.9 Å². The number of amides is 1. The minimum atomic E-state index is -0.0654. The summed E-state index contributed by atoms with van der Waals surface area (Å²) in [6.07, 6.45) is 3.61. The van der Waals surface area contributed by atoms with Crippen LogP contribution < -0.4 is 5.32 Å². The topological polar surface area (TPSA) is 59.8 Å². The van der Waals surface area contributed by atoms with E-state index in [9.17, 15) is 4.79 Å². The Morgan fingerprint density at radius 3 is 2.59 bits per heavy atom. The molecule has 0 bridgehead atoms. The molecule has 5 aromatic rings. The van der Waals surface area contributed by atoms with E-state index >= 15 is 0 Å². The zero-order valence-electron chi connectivity index (χ0n) is 20.5. The van der Waals surface area contributed by atoms with Gasteiger partial charge < -0.3 is 9.88 Å². The molecule has 0 radical (unpaired) electrons. The lowest BCUT2D eigenvalue weighted by molar-refractivity contribution is 0.0951. The molecule has 1 amide bonds. The molecule has 0 aliphatic carbocycles. The van der Waals surface area contributed by atoms with E-state index in [0.717, 1.165) is 38.1 Å². The molecule has 0 fully saturated rings. The monoisotopic (exact) mass is 526 g/mol. The van der Waals surface area contributed by atoms with Crippen LogP contribution in [0.5, 0.6) is 0 Å². The fourth-order valence-corrected chi connectivity index (χ4v) is 5.35. The lowest BCUT2D eigenvalue weighted by Gasteiger charge is -2.13. The van der Waals surface area contributed by atoms with Crippen LogP contribution in [-0.4, -0.2) is 27.0 Å². The Hall–Kier alpha value is -3.61. The normalized spacial score (nSPS) is 11.9. The van der Waals surface area contributed by atoms with E-state index in [-0.39, 0.29) is 11.8 Å². The second-order valence-corrected chi connectivity index (χ2v) is 10.4. The Bertz CT molecular complexity index is 1500. The highest BCUT2D eigenvalue weighted by atomic mass is 35.5. The van der Waals surface area contributed by atoms with Crippen LogP contribution in [0.25, 0.3) is 11.0 Å². The van der Waals surface area contributed by atoms with E-state index in [4.69, 9.17) is 16.6 Å². The number of thioether (sulfide) groups is 1. The van der Waals surface area contributed by atoms with Crippen LogP contribution in [0.4, 0.5) is 0 Å². The molecule has 0 saturated heterocycles. The number of benzene rings is 3. The smallest absolute Gasteiger partial charge is 0.251 e. The first-order chi connectivity index (χ1) is 18.1. The highest BCUT2D eigenvalue weighted by Gasteiger charge is 2.14. The first-order valence-corrected chi connectivity index (χ1v) is 13.5. The maximum Gasteiger partial charge on any atom is 0.251 e. The SMILES string of the molecule is CC(CNC(=O)c1ccc(Cn2c(SCc3cccc(Cl)c3)nc3ccncc32)cc1)c1ccccc1. The zero-order valence-corrected chi connectivity index (χ0v) is 22.0. The van der Waals surface area contributed by atoms with Gasteiger partial charge in [-0.1, -0.05) is 84.9 Å². The molecular formula is C30H27ClN4OS. The van der Waals surface area contributed by atoms with Crippen molar-refractivity contribution in [2.45, 2.75) is 30.3 Å². The van der Waals surface area contributed by atoms with Crippen LogP contribution in [0.3, 0.4) is 0 Å². The molecule has 7 heteroatoms. The first-order valence-electron chi connectivity index (χ1n) is 12.2. The van der Waals surface area contributed by atoms with Gasteiger partial charge in [0.1, 0.15) is 0 Å². The number of hydrogen-bond acceptors (Lipinski definition) is 4. The summed E-state index contributed by atoms with van der Waals surface area (Å²) < 4.78 is 2.17. The summed E-state index contributed by atoms with van der Waals surface area (Å²) in [5.74, 6) is 0.942. The molecule has 3 aromatic carbocycles. The Morgan fingerprint density at radius 1 is 1.00 bits per heavy atom. The van der Waals surface area contributed by atoms with Crippen LogP contribution in [0, 0.1) is 0 Å². The number of halogens is 1. The maximum atomic E-state index is 12.7. The minimum Gasteiger partial charge on any atom is -0.351 e. The van der Waals surface area contributed by atoms with Gasteiger partial charge in [-0.05, 0) is 52.9 Å².